The van der Waals surface area contributed by atoms with E-state index in [1.54, 1.807) is 24.3 Å². The predicted octanol–water partition coefficient (Wildman–Crippen LogP) is 2.70. The van der Waals surface area contributed by atoms with E-state index >= 15 is 0 Å². The van der Waals surface area contributed by atoms with Crippen molar-refractivity contribution in [2.45, 2.75) is 0 Å². The maximum Gasteiger partial charge on any atom is 0.188 e. The van der Waals surface area contributed by atoms with E-state index in [1.165, 1.54) is 6.07 Å². The van der Waals surface area contributed by atoms with Crippen LogP contribution in [0.2, 0.25) is 0 Å². The third-order valence-electron chi connectivity index (χ3n) is 2.45. The highest BCUT2D eigenvalue weighted by atomic mass is 16.1. The van der Waals surface area contributed by atoms with Gasteiger partial charge in [0.2, 0.25) is 0 Å². The third kappa shape index (κ3) is 1.27. The fourth-order valence-electron chi connectivity index (χ4n) is 1.73. The molecule has 16 heavy (non-hydrogen) atoms. The first kappa shape index (κ1) is 5.75. The number of benzene rings is 2. The Bertz CT molecular complexity index is 879. The second kappa shape index (κ2) is 3.42. The Kier molecular flexibility index (Phi) is 1.23. The zero-order valence-electron chi connectivity index (χ0n) is 12.2. The molecule has 0 saturated heterocycles. The van der Waals surface area contributed by atoms with Gasteiger partial charge in [-0.15, -0.1) is 0 Å². The summed E-state index contributed by atoms with van der Waals surface area (Å²) in [4.78, 5) is 16.2. The lowest BCUT2D eigenvalue weighted by Gasteiger charge is -2.00. The molecule has 76 valence electrons. The molecule has 0 spiro atoms. The highest BCUT2D eigenvalue weighted by Gasteiger charge is 2.08. The minimum atomic E-state index is -0.625. The van der Waals surface area contributed by atoms with E-state index in [1.807, 2.05) is 0 Å². The van der Waals surface area contributed by atoms with Gasteiger partial charge in [0.1, 0.15) is 0 Å². The second-order valence-electron chi connectivity index (χ2n) is 3.40. The van der Waals surface area contributed by atoms with Crippen LogP contribution >= 0.6 is 0 Å². The summed E-state index contributed by atoms with van der Waals surface area (Å²) in [5.41, 5.74) is -0.493. The van der Waals surface area contributed by atoms with Gasteiger partial charge in [-0.3, -0.25) is 9.78 Å². The van der Waals surface area contributed by atoms with Crippen molar-refractivity contribution in [3.8, 4) is 11.3 Å². The molecule has 1 aliphatic heterocycles. The summed E-state index contributed by atoms with van der Waals surface area (Å²) in [6.07, 6.45) is -0.0822. The molecule has 2 aliphatic rings. The quantitative estimate of drug-likeness (QED) is 0.572. The number of hydrogen-bond acceptors (Lipinski definition) is 2. The van der Waals surface area contributed by atoms with Crippen LogP contribution in [-0.4, -0.2) is 4.98 Å². The van der Waals surface area contributed by atoms with Crippen LogP contribution in [-0.2, 0) is 0 Å². The van der Waals surface area contributed by atoms with Gasteiger partial charge >= 0.3 is 0 Å². The molecule has 3 rings (SSSR count). The van der Waals surface area contributed by atoms with Crippen LogP contribution in [0.1, 0.15) is 5.48 Å². The molecule has 1 heterocycles. The molecular weight excluding hydrogens is 198 g/mol. The SMILES string of the molecule is [2H]c1cc2ccccc2c2c(=O)c([2H])c([2H])c([2H])c-2n1. The van der Waals surface area contributed by atoms with E-state index in [0.717, 1.165) is 0 Å². The average Bonchev–Trinajstić information content (AvgIpc) is 2.58. The number of nitrogens with zero attached hydrogens (tertiary/aromatic N) is 1. The van der Waals surface area contributed by atoms with Crippen molar-refractivity contribution in [2.75, 3.05) is 0 Å². The molecule has 2 heteroatoms. The minimum Gasteiger partial charge on any atom is -0.289 e. The topological polar surface area (TPSA) is 30.0 Å². The van der Waals surface area contributed by atoms with Crippen LogP contribution in [0.25, 0.3) is 22.0 Å². The van der Waals surface area contributed by atoms with Crippen molar-refractivity contribution in [3.05, 3.63) is 64.9 Å². The highest BCUT2D eigenvalue weighted by molar-refractivity contribution is 5.95. The Morgan fingerprint density at radius 2 is 2.00 bits per heavy atom. The Balaban J connectivity index is 2.71. The lowest BCUT2D eigenvalue weighted by Crippen LogP contribution is -2.03. The van der Waals surface area contributed by atoms with Crippen LogP contribution in [0.5, 0.6) is 0 Å². The molecule has 0 atom stereocenters. The summed E-state index contributed by atoms with van der Waals surface area (Å²) in [5.74, 6) is 0. The summed E-state index contributed by atoms with van der Waals surface area (Å²) in [5, 5.41) is 1.19. The van der Waals surface area contributed by atoms with Crippen molar-refractivity contribution in [3.63, 3.8) is 0 Å². The van der Waals surface area contributed by atoms with Gasteiger partial charge in [-0.1, -0.05) is 30.3 Å². The van der Waals surface area contributed by atoms with Gasteiger partial charge in [0.05, 0.1) is 16.7 Å². The van der Waals surface area contributed by atoms with Gasteiger partial charge in [0.15, 0.2) is 5.43 Å². The summed E-state index contributed by atoms with van der Waals surface area (Å²) in [6.45, 7) is 0. The molecule has 0 N–H and O–H groups in total. The van der Waals surface area contributed by atoms with Crippen molar-refractivity contribution in [2.24, 2.45) is 0 Å². The van der Waals surface area contributed by atoms with Gasteiger partial charge in [-0.2, -0.15) is 0 Å². The van der Waals surface area contributed by atoms with Gasteiger partial charge in [0.25, 0.3) is 0 Å². The maximum atomic E-state index is 12.3. The molecule has 2 nitrogen and oxygen atoms in total. The average molecular weight is 211 g/mol. The van der Waals surface area contributed by atoms with Crippen LogP contribution in [0.3, 0.4) is 0 Å². The van der Waals surface area contributed by atoms with E-state index in [2.05, 4.69) is 4.98 Å². The van der Waals surface area contributed by atoms with E-state index in [0.29, 0.717) is 10.8 Å². The molecule has 0 amide bonds. The van der Waals surface area contributed by atoms with Gasteiger partial charge < -0.3 is 0 Å². The minimum absolute atomic E-state index is 0.00204. The third-order valence-corrected chi connectivity index (χ3v) is 2.45. The predicted molar refractivity (Wildman–Crippen MR) is 64.6 cm³/mol. The molecule has 1 aromatic carbocycles. The van der Waals surface area contributed by atoms with E-state index in [4.69, 9.17) is 5.48 Å². The summed E-state index contributed by atoms with van der Waals surface area (Å²) < 4.78 is 30.9. The molecule has 0 radical (unpaired) electrons. The fourth-order valence-corrected chi connectivity index (χ4v) is 1.73. The highest BCUT2D eigenvalue weighted by Crippen LogP contribution is 2.23. The van der Waals surface area contributed by atoms with E-state index in [-0.39, 0.29) is 23.5 Å². The van der Waals surface area contributed by atoms with E-state index < -0.39 is 17.5 Å². The summed E-state index contributed by atoms with van der Waals surface area (Å²) >= 11 is 0. The van der Waals surface area contributed by atoms with Crippen LogP contribution in [0.4, 0.5) is 0 Å². The monoisotopic (exact) mass is 211 g/mol. The van der Waals surface area contributed by atoms with Gasteiger partial charge in [-0.05, 0) is 28.9 Å². The fraction of sp³-hybridized carbons (Fsp3) is 0. The lowest BCUT2D eigenvalue weighted by atomic mass is 10.0. The smallest absolute Gasteiger partial charge is 0.188 e. The van der Waals surface area contributed by atoms with Crippen molar-refractivity contribution in [1.82, 2.24) is 4.98 Å². The van der Waals surface area contributed by atoms with Crippen LogP contribution in [0.15, 0.2) is 59.4 Å². The normalized spacial score (nSPS) is 14.2. The first-order valence-electron chi connectivity index (χ1n) is 6.81. The Morgan fingerprint density at radius 3 is 2.94 bits per heavy atom. The van der Waals surface area contributed by atoms with E-state index in [9.17, 15) is 4.79 Å². The summed E-state index contributed by atoms with van der Waals surface area (Å²) in [6, 6.07) is 7.21. The molecular formula is C14H9NO. The van der Waals surface area contributed by atoms with Gasteiger partial charge in [0, 0.05) is 6.17 Å². The first-order valence-corrected chi connectivity index (χ1v) is 4.81. The number of rotatable bonds is 0. The molecule has 0 bridgehead atoms. The lowest BCUT2D eigenvalue weighted by molar-refractivity contribution is 1.35. The van der Waals surface area contributed by atoms with Crippen molar-refractivity contribution >= 4 is 10.8 Å². The second-order valence-corrected chi connectivity index (χ2v) is 3.40. The number of aromatic nitrogens is 1. The zero-order valence-corrected chi connectivity index (χ0v) is 8.24. The van der Waals surface area contributed by atoms with Crippen LogP contribution in [0, 0.1) is 0 Å². The standard InChI is InChI=1S/C14H9NO/c16-13-7-3-6-12-14(13)11-5-2-1-4-10(11)8-9-15-12/h1-9H/i3D,6D,7D,9D. The molecule has 0 fully saturated rings. The van der Waals surface area contributed by atoms with Crippen LogP contribution < -0.4 is 5.43 Å². The van der Waals surface area contributed by atoms with Crippen molar-refractivity contribution in [1.29, 1.82) is 0 Å². The first-order chi connectivity index (χ1) is 9.50. The van der Waals surface area contributed by atoms with Gasteiger partial charge in [-0.25, -0.2) is 0 Å². The zero-order chi connectivity index (χ0) is 14.4. The molecule has 0 unspecified atom stereocenters. The summed E-state index contributed by atoms with van der Waals surface area (Å²) in [7, 11) is 0. The molecule has 0 saturated carbocycles. The largest absolute Gasteiger partial charge is 0.289 e. The number of hydrogen-bond donors (Lipinski definition) is 0. The molecule has 0 aromatic heterocycles. The van der Waals surface area contributed by atoms with Crippen molar-refractivity contribution < 1.29 is 5.48 Å². The maximum absolute atomic E-state index is 12.3. The molecule has 1 aliphatic carbocycles. The Labute approximate surface area is 98.2 Å². The number of fused-ring (bicyclic) bond motifs is 3. The Hall–Kier alpha value is -2.22. The Morgan fingerprint density at radius 1 is 1.12 bits per heavy atom. The molecule has 1 aromatic rings.